The van der Waals surface area contributed by atoms with Gasteiger partial charge < -0.3 is 127 Å². The molecule has 9 atom stereocenters. The number of carbonyl (C=O) groups excluding carboxylic acids is 8. The van der Waals surface area contributed by atoms with E-state index >= 15 is 0 Å². The Labute approximate surface area is 827 Å². The third kappa shape index (κ3) is 34.3. The summed E-state index contributed by atoms with van der Waals surface area (Å²) in [6.45, 7) is 52.9. The number of hydrogen-bond acceptors (Lipinski definition) is 28. The number of carbonyl (C=O) groups is 8. The fraction of sp³-hybridized carbons (Fsp3) is 0.531. The number of aliphatic hydroxyl groups excluding tert-OH is 1. The molecule has 0 radical (unpaired) electrons. The molecular weight excluding hydrogens is 1910 g/mol. The van der Waals surface area contributed by atoms with Crippen LogP contribution >= 0.6 is 0 Å². The minimum atomic E-state index is -4.94. The average molecular weight is 2060 g/mol. The summed E-state index contributed by atoms with van der Waals surface area (Å²) in [6.07, 6.45) is -4.88. The molecule has 0 saturated carbocycles. The van der Waals surface area contributed by atoms with Crippen LogP contribution in [0.15, 0.2) is 146 Å². The summed E-state index contributed by atoms with van der Waals surface area (Å²) in [4.78, 5) is 117. The van der Waals surface area contributed by atoms with Crippen LogP contribution in [0.2, 0.25) is 72.5 Å². The Hall–Kier alpha value is -10.8. The lowest BCUT2D eigenvalue weighted by Crippen LogP contribution is -2.51. The van der Waals surface area contributed by atoms with Gasteiger partial charge >= 0.3 is 11.9 Å². The van der Waals surface area contributed by atoms with Gasteiger partial charge in [-0.05, 0) is 205 Å². The van der Waals surface area contributed by atoms with Gasteiger partial charge in [0.2, 0.25) is 51.0 Å². The minimum absolute atomic E-state index is 0.0168. The van der Waals surface area contributed by atoms with E-state index in [2.05, 4.69) is 227 Å². The monoisotopic (exact) mass is 2060 g/mol. The molecule has 12 N–H and O–H groups in total. The quantitative estimate of drug-likeness (QED) is 0.00655. The van der Waals surface area contributed by atoms with E-state index in [9.17, 15) is 64.3 Å². The molecule has 0 aromatic heterocycles. The summed E-state index contributed by atoms with van der Waals surface area (Å²) in [5.41, 5.74) is 11.4. The number of benzene rings is 6. The van der Waals surface area contributed by atoms with Gasteiger partial charge in [0, 0.05) is 134 Å². The van der Waals surface area contributed by atoms with E-state index in [1.54, 1.807) is 29.0 Å². The molecular formula is C96H144N12O26S2Si4. The van der Waals surface area contributed by atoms with Gasteiger partial charge in [0.15, 0.2) is 24.4 Å². The van der Waals surface area contributed by atoms with Gasteiger partial charge in [-0.3, -0.25) is 33.6 Å². The lowest BCUT2D eigenvalue weighted by Gasteiger charge is -2.37. The van der Waals surface area contributed by atoms with Crippen molar-refractivity contribution in [2.45, 2.75) is 230 Å². The molecule has 6 aliphatic rings. The number of nitrogens with zero attached hydrogens (tertiary/aromatic N) is 5. The Morgan fingerprint density at radius 1 is 0.414 bits per heavy atom. The molecule has 6 aromatic carbocycles. The number of nitrogens with two attached hydrogens (primary N) is 1. The number of piperazine rings is 3. The smallest absolute Gasteiger partial charge is 0.548 e. The molecule has 7 amide bonds. The summed E-state index contributed by atoms with van der Waals surface area (Å²) in [5.74, 6) is -1.25. The van der Waals surface area contributed by atoms with Crippen LogP contribution in [0.4, 0.5) is 17.1 Å². The van der Waals surface area contributed by atoms with Crippen LogP contribution in [0.1, 0.15) is 99.8 Å². The first-order chi connectivity index (χ1) is 64.9. The Morgan fingerprint density at radius 2 is 0.671 bits per heavy atom. The molecule has 38 nitrogen and oxygen atoms in total. The van der Waals surface area contributed by atoms with Crippen LogP contribution in [-0.2, 0) is 92.6 Å². The summed E-state index contributed by atoms with van der Waals surface area (Å²) in [7, 11) is -12.7. The van der Waals surface area contributed by atoms with E-state index in [0.717, 1.165) is 71.7 Å². The number of carboxylic acids is 1. The van der Waals surface area contributed by atoms with Crippen LogP contribution in [-0.4, -0.2) is 292 Å². The first kappa shape index (κ1) is 115. The number of carboxylic acid groups (broad SMARTS) is 1. The minimum Gasteiger partial charge on any atom is -0.716 e. The number of ether oxygens (including phenoxy) is 3. The third-order valence-corrected chi connectivity index (χ3v) is 44.7. The molecule has 140 heavy (non-hydrogen) atoms. The zero-order chi connectivity index (χ0) is 104. The molecule has 6 aliphatic heterocycles. The number of hydrogen-bond donors (Lipinski definition) is 8. The van der Waals surface area contributed by atoms with Crippen LogP contribution in [0, 0.1) is 0 Å². The van der Waals surface area contributed by atoms with Crippen molar-refractivity contribution < 1.29 is 120 Å². The van der Waals surface area contributed by atoms with Gasteiger partial charge in [0.05, 0.1) is 6.04 Å². The van der Waals surface area contributed by atoms with Gasteiger partial charge in [0.25, 0.3) is 56.6 Å². The van der Waals surface area contributed by atoms with Gasteiger partial charge in [0.1, 0.15) is 46.6 Å². The average Bonchev–Trinajstić information content (AvgIpc) is 1.63. The number of nitrogens with one attached hydrogen (secondary N) is 6. The second-order valence-electron chi connectivity index (χ2n) is 41.0. The molecule has 44 heteroatoms. The summed E-state index contributed by atoms with van der Waals surface area (Å²) in [5, 5.41) is 31.6. The van der Waals surface area contributed by atoms with E-state index in [1.807, 2.05) is 65.6 Å². The van der Waals surface area contributed by atoms with Crippen molar-refractivity contribution in [3.8, 4) is 34.5 Å². The highest BCUT2D eigenvalue weighted by Crippen LogP contribution is 2.42. The molecule has 0 spiro atoms. The van der Waals surface area contributed by atoms with Crippen molar-refractivity contribution in [1.82, 2.24) is 41.7 Å². The predicted octanol–water partition coefficient (Wildman–Crippen LogP) is 7.83. The van der Waals surface area contributed by atoms with E-state index in [0.29, 0.717) is 70.8 Å². The SMILES string of the molecule is CC(C)(C)[Si](C)(C)Oc1ccc(N2CCNCC2)cc1.CNC(=O)C(Cc1ccc(OS(=O)(=O)[O-])cc1)NC(=O)[C@@H]1O[C@@H]1C(=O)N1CCN(c2ccc(OS(=O)(=O)[O-])cc2)CC1.CNC(=O)C(Cc1ccc(O[Si](C)(C)C(C)(C)C)cc1)NC(=O)[C@@H]1O[C@@H]1C(=O)N1CCN(c2ccc(O[Si](C)(C)C(C)(C)C)cc2)CC1.CNC(=O)C(N)Cc1ccc(O[Si](C)(C)C(C)(C)C)cc1.O=C([OH2+])[C@@H]1O[C@@H]1C(O)=[OH+]. The highest BCUT2D eigenvalue weighted by atomic mass is 32.3. The van der Waals surface area contributed by atoms with E-state index in [1.165, 1.54) is 56.2 Å². The van der Waals surface area contributed by atoms with E-state index in [-0.39, 0.29) is 61.7 Å². The lowest BCUT2D eigenvalue weighted by molar-refractivity contribution is -0.138. The zero-order valence-electron chi connectivity index (χ0n) is 84.6. The Balaban J connectivity index is 0.000000234. The molecule has 6 saturated heterocycles. The Morgan fingerprint density at radius 3 is 0.921 bits per heavy atom. The number of rotatable bonds is 32. The second-order valence-corrected chi connectivity index (χ2v) is 61.9. The molecule has 6 aromatic rings. The maximum Gasteiger partial charge on any atom is 0.548 e. The van der Waals surface area contributed by atoms with Crippen LogP contribution in [0.5, 0.6) is 34.5 Å². The third-order valence-electron chi connectivity index (χ3n) is 26.5. The molecule has 12 rings (SSSR count). The van der Waals surface area contributed by atoms with Gasteiger partial charge in [-0.25, -0.2) is 16.8 Å². The van der Waals surface area contributed by atoms with E-state index in [4.69, 9.17) is 47.9 Å². The maximum atomic E-state index is 13.2. The van der Waals surface area contributed by atoms with Crippen LogP contribution < -0.4 is 78.4 Å². The fourth-order valence-corrected chi connectivity index (χ4v) is 18.5. The molecule has 0 aliphatic carbocycles. The summed E-state index contributed by atoms with van der Waals surface area (Å²) < 4.78 is 113. The number of amides is 7. The molecule has 6 fully saturated rings. The molecule has 6 heterocycles. The van der Waals surface area contributed by atoms with E-state index < -0.39 is 138 Å². The van der Waals surface area contributed by atoms with Crippen molar-refractivity contribution in [2.75, 3.05) is 114 Å². The van der Waals surface area contributed by atoms with Crippen molar-refractivity contribution >= 4 is 124 Å². The number of epoxide rings is 3. The first-order valence-corrected chi connectivity index (χ1v) is 60.9. The highest BCUT2D eigenvalue weighted by molar-refractivity contribution is 7.81. The summed E-state index contributed by atoms with van der Waals surface area (Å²) in [6, 6.07) is 41.2. The summed E-state index contributed by atoms with van der Waals surface area (Å²) >= 11 is 0. The van der Waals surface area contributed by atoms with Gasteiger partial charge in [-0.1, -0.05) is 119 Å². The maximum absolute atomic E-state index is 13.2. The highest BCUT2D eigenvalue weighted by Gasteiger charge is 2.60. The predicted molar refractivity (Wildman–Crippen MR) is 543 cm³/mol. The molecule has 3 unspecified atom stereocenters. The van der Waals surface area contributed by atoms with Gasteiger partial charge in [-0.15, -0.1) is 0 Å². The normalized spacial score (nSPS) is 19.0. The Kier molecular flexibility index (Phi) is 39.2. The van der Waals surface area contributed by atoms with Crippen LogP contribution in [0.25, 0.3) is 0 Å². The topological polar surface area (TPSA) is 523 Å². The number of anilines is 3. The second kappa shape index (κ2) is 47.9. The Bertz CT molecular complexity index is 5420. The van der Waals surface area contributed by atoms with Crippen molar-refractivity contribution in [3.63, 3.8) is 0 Å². The largest absolute Gasteiger partial charge is 0.716 e. The molecule has 0 bridgehead atoms. The first-order valence-electron chi connectivity index (χ1n) is 46.6. The van der Waals surface area contributed by atoms with Crippen molar-refractivity contribution in [3.05, 3.63) is 162 Å². The van der Waals surface area contributed by atoms with Crippen LogP contribution in [0.3, 0.4) is 0 Å². The van der Waals surface area contributed by atoms with Crippen molar-refractivity contribution in [2.24, 2.45) is 5.73 Å². The fourth-order valence-electron chi connectivity index (χ4n) is 13.7. The number of likely N-dealkylation sites (N-methyl/N-ethyl adjacent to an activating group) is 3. The standard InChI is InChI=1S/C36H56N4O6Si2.C24H28N4O12S2.C16H28N2O2Si.C16H28N2OSi.C4H4O5/c1-35(2,3)47(8,9)45-27-16-12-25(13-17-27)24-29(32(41)37-7)38-33(42)30-31(44-30)34(43)40-22-20-39(21-23-40)26-14-18-28(19-15-26)46-48(10,11)36(4,5)6;1-25-22(29)19(14-15-2-6-17(7-3-15)39-41(32,33)34)26-23(30)20-21(38-20)24(31)28-12-10-27(11-13-28)16-4-8-18(9-5-16)40-42(35,36)37;1-16(2,3)21(5,6)20-13-9-7-12(8-10-13)11-14(17)15(19)18-4;1-16(2,3)20(4,5)19-15-8-6-14(7-9-15)18-12-10-17-11-13-18;5-3(6)1-2(9-1)4(7)8/h12-19,29-31H,20-24H2,1-11H3,(H,37,41)(H,38,42);2-9,19-21H,10-14H2,1H3,(H,25,29)(H,26,30)(H,32,33,34)(H,35,36,37);7-10,14H,11,17H2,1-6H3,(H,18,19);6-9,17H,10-13H2,1-5H3;1-2H,(H,5,6)(H,7,8)/t29?,30-,31+;19?,20-,21+;;;1-,2+/m11.../s1. The lowest BCUT2D eigenvalue weighted by atomic mass is 10.0. The van der Waals surface area contributed by atoms with Crippen molar-refractivity contribution in [1.29, 1.82) is 0 Å². The molecule has 772 valence electrons. The number of aliphatic carboxylic acids is 1. The van der Waals surface area contributed by atoms with Gasteiger partial charge in [-0.2, -0.15) is 0 Å². The zero-order valence-corrected chi connectivity index (χ0v) is 90.2.